The van der Waals surface area contributed by atoms with Crippen LogP contribution >= 0.6 is 0 Å². The molecule has 1 aromatic heterocycles. The molecule has 1 aromatic rings. The molecule has 4 heterocycles. The summed E-state index contributed by atoms with van der Waals surface area (Å²) in [5, 5.41) is 11.5. The lowest BCUT2D eigenvalue weighted by atomic mass is 9.40. The fourth-order valence-electron chi connectivity index (χ4n) is 6.78. The highest BCUT2D eigenvalue weighted by atomic mass is 16.6. The number of cyclic esters (lactones) is 2. The molecule has 2 aliphatic carbocycles. The predicted molar refractivity (Wildman–Crippen MR) is 88.3 cm³/mol. The SMILES string of the molecule is O=C1OC2C[C@H]1[C@]13CC[C@@]4(O)C(=O)O[C@H](c5ccoc5)C[C@]4(COC1=O)[C@@H]3C2. The van der Waals surface area contributed by atoms with E-state index in [0.717, 1.165) is 0 Å². The molecule has 1 N–H and O–H groups in total. The summed E-state index contributed by atoms with van der Waals surface area (Å²) in [6, 6.07) is 1.72. The van der Waals surface area contributed by atoms with Gasteiger partial charge < -0.3 is 23.7 Å². The van der Waals surface area contributed by atoms with Gasteiger partial charge in [-0.25, -0.2) is 4.79 Å². The molecule has 8 nitrogen and oxygen atoms in total. The number of fused-ring (bicyclic) bond motifs is 2. The summed E-state index contributed by atoms with van der Waals surface area (Å²) in [6.07, 6.45) is 3.67. The third kappa shape index (κ3) is 1.65. The van der Waals surface area contributed by atoms with Crippen LogP contribution in [0.1, 0.15) is 43.8 Å². The second-order valence-electron chi connectivity index (χ2n) is 8.92. The number of carbonyl (C=O) groups is 3. The fraction of sp³-hybridized carbons (Fsp3) is 0.650. The highest BCUT2D eigenvalue weighted by molar-refractivity contribution is 5.90. The fourth-order valence-corrected chi connectivity index (χ4v) is 6.78. The van der Waals surface area contributed by atoms with E-state index < -0.39 is 40.4 Å². The van der Waals surface area contributed by atoms with E-state index in [1.165, 1.54) is 12.5 Å². The van der Waals surface area contributed by atoms with Gasteiger partial charge in [0.1, 0.15) is 18.8 Å². The van der Waals surface area contributed by atoms with E-state index in [1.54, 1.807) is 6.07 Å². The Bertz CT molecular complexity index is 892. The van der Waals surface area contributed by atoms with Gasteiger partial charge in [0, 0.05) is 12.0 Å². The van der Waals surface area contributed by atoms with Gasteiger partial charge >= 0.3 is 17.9 Å². The number of hydrogen-bond acceptors (Lipinski definition) is 8. The summed E-state index contributed by atoms with van der Waals surface area (Å²) >= 11 is 0. The average molecular weight is 388 g/mol. The smallest absolute Gasteiger partial charge is 0.339 e. The van der Waals surface area contributed by atoms with Crippen LogP contribution in [0.4, 0.5) is 0 Å². The molecule has 6 rings (SSSR count). The molecule has 5 fully saturated rings. The second-order valence-corrected chi connectivity index (χ2v) is 8.92. The van der Waals surface area contributed by atoms with Crippen LogP contribution in [0.25, 0.3) is 0 Å². The van der Waals surface area contributed by atoms with Crippen LogP contribution in [-0.2, 0) is 28.6 Å². The van der Waals surface area contributed by atoms with Crippen LogP contribution in [-0.4, -0.2) is 41.3 Å². The van der Waals surface area contributed by atoms with E-state index in [2.05, 4.69) is 0 Å². The monoisotopic (exact) mass is 388 g/mol. The summed E-state index contributed by atoms with van der Waals surface area (Å²) in [4.78, 5) is 38.5. The zero-order valence-electron chi connectivity index (χ0n) is 15.1. The lowest BCUT2D eigenvalue weighted by Gasteiger charge is -2.65. The molecule has 3 saturated heterocycles. The van der Waals surface area contributed by atoms with Crippen molar-refractivity contribution in [3.05, 3.63) is 24.2 Å². The number of rotatable bonds is 1. The highest BCUT2D eigenvalue weighted by Gasteiger charge is 2.79. The average Bonchev–Trinajstić information content (AvgIpc) is 3.30. The maximum Gasteiger partial charge on any atom is 0.339 e. The minimum absolute atomic E-state index is 0.0637. The van der Waals surface area contributed by atoms with E-state index >= 15 is 0 Å². The molecule has 0 aromatic carbocycles. The lowest BCUT2D eigenvalue weighted by Crippen LogP contribution is -2.75. The van der Waals surface area contributed by atoms with Crippen LogP contribution in [0, 0.1) is 22.7 Å². The Balaban J connectivity index is 1.52. The van der Waals surface area contributed by atoms with Gasteiger partial charge in [0.05, 0.1) is 29.3 Å². The maximum atomic E-state index is 13.0. The molecule has 3 aliphatic heterocycles. The Morgan fingerprint density at radius 2 is 1.93 bits per heavy atom. The Morgan fingerprint density at radius 3 is 2.71 bits per heavy atom. The first-order chi connectivity index (χ1) is 13.4. The molecule has 0 amide bonds. The van der Waals surface area contributed by atoms with Crippen molar-refractivity contribution < 1.29 is 38.1 Å². The largest absolute Gasteiger partial charge is 0.472 e. The molecule has 1 unspecified atom stereocenters. The standard InChI is InChI=1S/C20H20O8/c21-15-12-5-11(27-15)6-14-18-7-13(10-1-4-25-8-10)28-17(23)20(18,24)3-2-19(12,14)16(22)26-9-18/h1,4,8,11-14,24H,2-3,5-7,9H2/t11?,12-,13+,14+,18+,19+,20-/m1/s1. The van der Waals surface area contributed by atoms with Crippen molar-refractivity contribution >= 4 is 17.9 Å². The van der Waals surface area contributed by atoms with Gasteiger partial charge in [-0.2, -0.15) is 0 Å². The summed E-state index contributed by atoms with van der Waals surface area (Å²) in [5.41, 5.74) is -3.10. The van der Waals surface area contributed by atoms with Gasteiger partial charge in [0.15, 0.2) is 5.60 Å². The number of furan rings is 1. The number of esters is 3. The Labute approximate surface area is 160 Å². The Kier molecular flexibility index (Phi) is 2.95. The molecule has 8 heteroatoms. The second kappa shape index (κ2) is 4.97. The summed E-state index contributed by atoms with van der Waals surface area (Å²) in [7, 11) is 0. The van der Waals surface area contributed by atoms with Gasteiger partial charge in [-0.3, -0.25) is 9.59 Å². The first kappa shape index (κ1) is 16.6. The zero-order chi connectivity index (χ0) is 19.3. The lowest BCUT2D eigenvalue weighted by molar-refractivity contribution is -0.289. The van der Waals surface area contributed by atoms with Crippen LogP contribution in [0.2, 0.25) is 0 Å². The van der Waals surface area contributed by atoms with Crippen LogP contribution in [0.15, 0.2) is 23.0 Å². The van der Waals surface area contributed by atoms with Crippen molar-refractivity contribution in [2.75, 3.05) is 6.61 Å². The van der Waals surface area contributed by atoms with Gasteiger partial charge in [0.25, 0.3) is 0 Å². The molecule has 0 radical (unpaired) electrons. The molecule has 7 atom stereocenters. The molecule has 5 aliphatic rings. The highest BCUT2D eigenvalue weighted by Crippen LogP contribution is 2.70. The van der Waals surface area contributed by atoms with Gasteiger partial charge in [0.2, 0.25) is 0 Å². The topological polar surface area (TPSA) is 112 Å². The third-order valence-electron chi connectivity index (χ3n) is 8.09. The molecule has 28 heavy (non-hydrogen) atoms. The number of ether oxygens (including phenoxy) is 3. The molecule has 2 saturated carbocycles. The van der Waals surface area contributed by atoms with Crippen molar-refractivity contribution in [2.24, 2.45) is 22.7 Å². The molecule has 1 spiro atoms. The minimum Gasteiger partial charge on any atom is -0.472 e. The van der Waals surface area contributed by atoms with Crippen molar-refractivity contribution in [2.45, 2.75) is 49.9 Å². The normalized spacial score (nSPS) is 48.8. The van der Waals surface area contributed by atoms with Gasteiger partial charge in [-0.15, -0.1) is 0 Å². The van der Waals surface area contributed by atoms with E-state index in [4.69, 9.17) is 18.6 Å². The van der Waals surface area contributed by atoms with Crippen molar-refractivity contribution in [1.29, 1.82) is 0 Å². The van der Waals surface area contributed by atoms with Crippen molar-refractivity contribution in [1.82, 2.24) is 0 Å². The number of hydrogen-bond donors (Lipinski definition) is 1. The van der Waals surface area contributed by atoms with Crippen LogP contribution in [0.5, 0.6) is 0 Å². The Hall–Kier alpha value is -2.35. The first-order valence-electron chi connectivity index (χ1n) is 9.74. The summed E-state index contributed by atoms with van der Waals surface area (Å²) < 4.78 is 21.8. The van der Waals surface area contributed by atoms with E-state index in [-0.39, 0.29) is 37.4 Å². The molecule has 4 bridgehead atoms. The quantitative estimate of drug-likeness (QED) is 0.565. The molecule has 148 valence electrons. The summed E-state index contributed by atoms with van der Waals surface area (Å²) in [5.74, 6) is -2.40. The van der Waals surface area contributed by atoms with E-state index in [0.29, 0.717) is 24.8 Å². The Morgan fingerprint density at radius 1 is 1.07 bits per heavy atom. The van der Waals surface area contributed by atoms with Crippen LogP contribution in [0.3, 0.4) is 0 Å². The number of aliphatic hydroxyl groups is 1. The zero-order valence-corrected chi connectivity index (χ0v) is 15.1. The van der Waals surface area contributed by atoms with E-state index in [1.807, 2.05) is 0 Å². The van der Waals surface area contributed by atoms with Crippen LogP contribution < -0.4 is 0 Å². The number of carbonyl (C=O) groups excluding carboxylic acids is 3. The van der Waals surface area contributed by atoms with Crippen molar-refractivity contribution in [3.8, 4) is 0 Å². The maximum absolute atomic E-state index is 13.0. The van der Waals surface area contributed by atoms with E-state index in [9.17, 15) is 19.5 Å². The van der Waals surface area contributed by atoms with Gasteiger partial charge in [-0.1, -0.05) is 0 Å². The predicted octanol–water partition coefficient (Wildman–Crippen LogP) is 1.27. The minimum atomic E-state index is -1.75. The summed E-state index contributed by atoms with van der Waals surface area (Å²) in [6.45, 7) is -0.0637. The molecular formula is C20H20O8. The van der Waals surface area contributed by atoms with Crippen molar-refractivity contribution in [3.63, 3.8) is 0 Å². The third-order valence-corrected chi connectivity index (χ3v) is 8.09. The molecular weight excluding hydrogens is 368 g/mol. The van der Waals surface area contributed by atoms with Gasteiger partial charge in [-0.05, 0) is 37.7 Å². The first-order valence-corrected chi connectivity index (χ1v) is 9.74.